The number of aliphatic carboxylic acids is 1. The second-order valence-corrected chi connectivity index (χ2v) is 4.00. The van der Waals surface area contributed by atoms with Crippen LogP contribution in [-0.4, -0.2) is 16.1 Å². The molecular formula is C12H9NO2S. The number of carboxylic acids is 1. The molecule has 1 N–H and O–H groups in total. The van der Waals surface area contributed by atoms with Crippen LogP contribution in [0, 0.1) is 0 Å². The molecule has 80 valence electrons. The molecular weight excluding hydrogens is 222 g/mol. The minimum absolute atomic E-state index is 0.696. The molecule has 0 saturated heterocycles. The number of benzene rings is 1. The lowest BCUT2D eigenvalue weighted by Gasteiger charge is -1.93. The zero-order chi connectivity index (χ0) is 11.4. The Morgan fingerprint density at radius 2 is 2.06 bits per heavy atom. The molecule has 0 amide bonds. The fourth-order valence-corrected chi connectivity index (χ4v) is 1.97. The lowest BCUT2D eigenvalue weighted by Crippen LogP contribution is -1.85. The molecule has 4 heteroatoms. The Morgan fingerprint density at radius 1 is 1.31 bits per heavy atom. The van der Waals surface area contributed by atoms with Crippen LogP contribution in [0.25, 0.3) is 17.3 Å². The Balaban J connectivity index is 2.23. The van der Waals surface area contributed by atoms with Crippen molar-refractivity contribution >= 4 is 23.4 Å². The van der Waals surface area contributed by atoms with Crippen molar-refractivity contribution in [3.05, 3.63) is 46.8 Å². The van der Waals surface area contributed by atoms with Crippen molar-refractivity contribution in [2.24, 2.45) is 0 Å². The molecule has 0 bridgehead atoms. The van der Waals surface area contributed by atoms with Gasteiger partial charge in [0.25, 0.3) is 0 Å². The summed E-state index contributed by atoms with van der Waals surface area (Å²) in [6, 6.07) is 9.78. The normalized spacial score (nSPS) is 10.8. The molecule has 3 nitrogen and oxygen atoms in total. The van der Waals surface area contributed by atoms with Crippen molar-refractivity contribution in [3.63, 3.8) is 0 Å². The van der Waals surface area contributed by atoms with E-state index in [1.165, 1.54) is 17.4 Å². The molecule has 0 unspecified atom stereocenters. The highest BCUT2D eigenvalue weighted by Crippen LogP contribution is 2.21. The molecule has 1 heterocycles. The van der Waals surface area contributed by atoms with E-state index in [0.29, 0.717) is 5.01 Å². The number of carboxylic acid groups (broad SMARTS) is 1. The molecule has 0 saturated carbocycles. The minimum Gasteiger partial charge on any atom is -0.478 e. The predicted molar refractivity (Wildman–Crippen MR) is 64.2 cm³/mol. The highest BCUT2D eigenvalue weighted by Gasteiger charge is 2.01. The second-order valence-electron chi connectivity index (χ2n) is 3.11. The van der Waals surface area contributed by atoms with E-state index in [1.54, 1.807) is 0 Å². The van der Waals surface area contributed by atoms with Crippen molar-refractivity contribution in [2.75, 3.05) is 0 Å². The van der Waals surface area contributed by atoms with Crippen LogP contribution in [0.2, 0.25) is 0 Å². The monoisotopic (exact) mass is 231 g/mol. The molecule has 0 aliphatic rings. The third kappa shape index (κ3) is 2.55. The number of thiazole rings is 1. The van der Waals surface area contributed by atoms with Crippen LogP contribution in [-0.2, 0) is 4.79 Å². The van der Waals surface area contributed by atoms with E-state index in [9.17, 15) is 4.79 Å². The Kier molecular flexibility index (Phi) is 3.12. The molecule has 0 radical (unpaired) electrons. The molecule has 0 atom stereocenters. The minimum atomic E-state index is -0.962. The van der Waals surface area contributed by atoms with Gasteiger partial charge in [-0.3, -0.25) is 0 Å². The molecule has 1 aromatic carbocycles. The van der Waals surface area contributed by atoms with Gasteiger partial charge in [-0.25, -0.2) is 9.78 Å². The summed E-state index contributed by atoms with van der Waals surface area (Å²) in [6.45, 7) is 0. The fourth-order valence-electron chi connectivity index (χ4n) is 1.25. The summed E-state index contributed by atoms with van der Waals surface area (Å²) in [5.74, 6) is -0.962. The van der Waals surface area contributed by atoms with Gasteiger partial charge in [0, 0.05) is 17.0 Å². The van der Waals surface area contributed by atoms with E-state index >= 15 is 0 Å². The third-order valence-corrected chi connectivity index (χ3v) is 2.77. The van der Waals surface area contributed by atoms with Crippen LogP contribution < -0.4 is 0 Å². The average Bonchev–Trinajstić information content (AvgIpc) is 2.76. The van der Waals surface area contributed by atoms with Crippen molar-refractivity contribution in [3.8, 4) is 11.3 Å². The molecule has 0 aliphatic carbocycles. The average molecular weight is 231 g/mol. The maximum absolute atomic E-state index is 10.3. The number of hydrogen-bond donors (Lipinski definition) is 1. The highest BCUT2D eigenvalue weighted by atomic mass is 32.1. The zero-order valence-corrected chi connectivity index (χ0v) is 9.15. The molecule has 0 aliphatic heterocycles. The smallest absolute Gasteiger partial charge is 0.328 e. The van der Waals surface area contributed by atoms with Gasteiger partial charge in [0.05, 0.1) is 5.69 Å². The second kappa shape index (κ2) is 4.72. The van der Waals surface area contributed by atoms with Crippen molar-refractivity contribution in [1.82, 2.24) is 4.98 Å². The zero-order valence-electron chi connectivity index (χ0n) is 8.33. The molecule has 0 fully saturated rings. The van der Waals surface area contributed by atoms with E-state index in [1.807, 2.05) is 35.7 Å². The van der Waals surface area contributed by atoms with E-state index in [4.69, 9.17) is 5.11 Å². The number of carbonyl (C=O) groups is 1. The van der Waals surface area contributed by atoms with Crippen molar-refractivity contribution < 1.29 is 9.90 Å². The van der Waals surface area contributed by atoms with E-state index in [0.717, 1.165) is 17.3 Å². The van der Waals surface area contributed by atoms with Gasteiger partial charge in [-0.2, -0.15) is 0 Å². The van der Waals surface area contributed by atoms with E-state index in [-0.39, 0.29) is 0 Å². The lowest BCUT2D eigenvalue weighted by molar-refractivity contribution is -0.131. The summed E-state index contributed by atoms with van der Waals surface area (Å²) in [5, 5.41) is 11.1. The quantitative estimate of drug-likeness (QED) is 0.826. The Morgan fingerprint density at radius 3 is 2.75 bits per heavy atom. The summed E-state index contributed by atoms with van der Waals surface area (Å²) in [7, 11) is 0. The van der Waals surface area contributed by atoms with Crippen LogP contribution in [0.15, 0.2) is 41.8 Å². The number of hydrogen-bond acceptors (Lipinski definition) is 3. The van der Waals surface area contributed by atoms with Gasteiger partial charge in [-0.05, 0) is 6.08 Å². The SMILES string of the molecule is O=C(O)/C=C/c1nc(-c2ccccc2)cs1. The van der Waals surface area contributed by atoms with E-state index in [2.05, 4.69) is 4.98 Å². The Hall–Kier alpha value is -1.94. The van der Waals surface area contributed by atoms with Crippen molar-refractivity contribution in [1.29, 1.82) is 0 Å². The summed E-state index contributed by atoms with van der Waals surface area (Å²) in [5.41, 5.74) is 1.91. The molecule has 2 aromatic rings. The van der Waals surface area contributed by atoms with Crippen LogP contribution >= 0.6 is 11.3 Å². The summed E-state index contributed by atoms with van der Waals surface area (Å²) >= 11 is 1.43. The topological polar surface area (TPSA) is 50.2 Å². The number of aromatic nitrogens is 1. The first kappa shape index (κ1) is 10.6. The van der Waals surface area contributed by atoms with Crippen LogP contribution in [0.3, 0.4) is 0 Å². The largest absolute Gasteiger partial charge is 0.478 e. The van der Waals surface area contributed by atoms with Crippen molar-refractivity contribution in [2.45, 2.75) is 0 Å². The van der Waals surface area contributed by atoms with Crippen LogP contribution in [0.1, 0.15) is 5.01 Å². The van der Waals surface area contributed by atoms with E-state index < -0.39 is 5.97 Å². The van der Waals surface area contributed by atoms with Crippen LogP contribution in [0.4, 0.5) is 0 Å². The van der Waals surface area contributed by atoms with Gasteiger partial charge in [-0.1, -0.05) is 30.3 Å². The summed E-state index contributed by atoms with van der Waals surface area (Å²) < 4.78 is 0. The number of rotatable bonds is 3. The number of nitrogens with zero attached hydrogens (tertiary/aromatic N) is 1. The highest BCUT2D eigenvalue weighted by molar-refractivity contribution is 7.10. The van der Waals surface area contributed by atoms with Gasteiger partial charge < -0.3 is 5.11 Å². The van der Waals surface area contributed by atoms with Gasteiger partial charge in [0.15, 0.2) is 0 Å². The maximum atomic E-state index is 10.3. The first-order valence-corrected chi connectivity index (χ1v) is 5.55. The predicted octanol–water partition coefficient (Wildman–Crippen LogP) is 2.91. The third-order valence-electron chi connectivity index (χ3n) is 1.96. The standard InChI is InChI=1S/C12H9NO2S/c14-12(15)7-6-11-13-10(8-16-11)9-4-2-1-3-5-9/h1-8H,(H,14,15)/b7-6+. The first-order valence-electron chi connectivity index (χ1n) is 4.67. The molecule has 0 spiro atoms. The van der Waals surface area contributed by atoms with Gasteiger partial charge in [0.1, 0.15) is 5.01 Å². The van der Waals surface area contributed by atoms with Gasteiger partial charge in [0.2, 0.25) is 0 Å². The van der Waals surface area contributed by atoms with Gasteiger partial charge >= 0.3 is 5.97 Å². The molecule has 1 aromatic heterocycles. The summed E-state index contributed by atoms with van der Waals surface area (Å²) in [4.78, 5) is 14.7. The first-order chi connectivity index (χ1) is 7.75. The lowest BCUT2D eigenvalue weighted by atomic mass is 10.2. The fraction of sp³-hybridized carbons (Fsp3) is 0. The molecule has 2 rings (SSSR count). The van der Waals surface area contributed by atoms with Gasteiger partial charge in [-0.15, -0.1) is 11.3 Å². The Bertz CT molecular complexity index is 517. The maximum Gasteiger partial charge on any atom is 0.328 e. The Labute approximate surface area is 96.7 Å². The summed E-state index contributed by atoms with van der Waals surface area (Å²) in [6.07, 6.45) is 2.59. The van der Waals surface area contributed by atoms with Crippen LogP contribution in [0.5, 0.6) is 0 Å². The molecule has 16 heavy (non-hydrogen) atoms.